The fraction of sp³-hybridized carbons (Fsp3) is 0.364. The van der Waals surface area contributed by atoms with E-state index in [1.54, 1.807) is 24.1 Å². The molecule has 2 aromatic rings. The molecule has 0 saturated carbocycles. The Morgan fingerprint density at radius 2 is 1.68 bits per heavy atom. The van der Waals surface area contributed by atoms with Crippen LogP contribution in [0.15, 0.2) is 54.6 Å². The van der Waals surface area contributed by atoms with E-state index in [2.05, 4.69) is 10.6 Å². The molecular weight excluding hydrogens is 354 g/mol. The van der Waals surface area contributed by atoms with E-state index in [1.807, 2.05) is 49.4 Å². The molecule has 3 amide bonds. The molecule has 0 bridgehead atoms. The monoisotopic (exact) mass is 381 g/mol. The van der Waals surface area contributed by atoms with E-state index >= 15 is 0 Å². The molecule has 1 aliphatic rings. The molecule has 1 atom stereocenters. The third kappa shape index (κ3) is 4.82. The number of piperidine rings is 1. The number of hydrogen-bond donors (Lipinski definition) is 2. The van der Waals surface area contributed by atoms with Crippen LogP contribution in [0, 0.1) is 0 Å². The van der Waals surface area contributed by atoms with Crippen LogP contribution in [-0.4, -0.2) is 43.1 Å². The lowest BCUT2D eigenvalue weighted by atomic mass is 10.0. The first-order chi connectivity index (χ1) is 13.6. The highest BCUT2D eigenvalue weighted by atomic mass is 16.5. The second kappa shape index (κ2) is 9.26. The van der Waals surface area contributed by atoms with Gasteiger partial charge in [-0.05, 0) is 38.0 Å². The summed E-state index contributed by atoms with van der Waals surface area (Å²) in [7, 11) is 1.63. The van der Waals surface area contributed by atoms with E-state index < -0.39 is 0 Å². The third-order valence-corrected chi connectivity index (χ3v) is 5.10. The standard InChI is InChI=1S/C22H27N3O3/c1-16(19-10-6-7-11-20(19)28-2)23-22(27)25-14-12-18(13-15-25)24-21(26)17-8-4-3-5-9-17/h3-11,16,18H,12-15H2,1-2H3,(H,23,27)(H,24,26)/t16-/m1/s1. The predicted octanol–water partition coefficient (Wildman–Crippen LogP) is 3.36. The molecule has 6 heteroatoms. The molecule has 0 radical (unpaired) electrons. The highest BCUT2D eigenvalue weighted by Gasteiger charge is 2.25. The molecule has 148 valence electrons. The number of carbonyl (C=O) groups is 2. The fourth-order valence-electron chi connectivity index (χ4n) is 3.46. The summed E-state index contributed by atoms with van der Waals surface area (Å²) in [5.74, 6) is 0.700. The maximum atomic E-state index is 12.6. The maximum absolute atomic E-state index is 12.6. The van der Waals surface area contributed by atoms with Crippen molar-refractivity contribution in [2.75, 3.05) is 20.2 Å². The predicted molar refractivity (Wildman–Crippen MR) is 108 cm³/mol. The topological polar surface area (TPSA) is 70.7 Å². The zero-order valence-electron chi connectivity index (χ0n) is 16.4. The van der Waals surface area contributed by atoms with Crippen molar-refractivity contribution < 1.29 is 14.3 Å². The summed E-state index contributed by atoms with van der Waals surface area (Å²) in [5.41, 5.74) is 1.61. The van der Waals surface area contributed by atoms with Crippen molar-refractivity contribution in [3.8, 4) is 5.75 Å². The Labute approximate surface area is 165 Å². The molecule has 0 unspecified atom stereocenters. The summed E-state index contributed by atoms with van der Waals surface area (Å²) >= 11 is 0. The lowest BCUT2D eigenvalue weighted by Gasteiger charge is -2.33. The van der Waals surface area contributed by atoms with E-state index in [1.165, 1.54) is 0 Å². The summed E-state index contributed by atoms with van der Waals surface area (Å²) in [6.45, 7) is 3.18. The number of hydrogen-bond acceptors (Lipinski definition) is 3. The number of para-hydroxylation sites is 1. The normalized spacial score (nSPS) is 15.6. The van der Waals surface area contributed by atoms with Gasteiger partial charge >= 0.3 is 6.03 Å². The number of rotatable bonds is 5. The molecule has 1 fully saturated rings. The average Bonchev–Trinajstić information content (AvgIpc) is 2.74. The molecule has 0 aliphatic carbocycles. The Morgan fingerprint density at radius 1 is 1.04 bits per heavy atom. The highest BCUT2D eigenvalue weighted by Crippen LogP contribution is 2.24. The van der Waals surface area contributed by atoms with Crippen molar-refractivity contribution in [2.45, 2.75) is 31.8 Å². The van der Waals surface area contributed by atoms with Gasteiger partial charge in [-0.1, -0.05) is 36.4 Å². The summed E-state index contributed by atoms with van der Waals surface area (Å²) in [6, 6.07) is 16.7. The van der Waals surface area contributed by atoms with Gasteiger partial charge in [-0.25, -0.2) is 4.79 Å². The van der Waals surface area contributed by atoms with Gasteiger partial charge in [0.2, 0.25) is 0 Å². The summed E-state index contributed by atoms with van der Waals surface area (Å²) in [6.07, 6.45) is 1.49. The maximum Gasteiger partial charge on any atom is 0.317 e. The van der Waals surface area contributed by atoms with Crippen molar-refractivity contribution >= 4 is 11.9 Å². The first-order valence-corrected chi connectivity index (χ1v) is 9.62. The Hall–Kier alpha value is -3.02. The van der Waals surface area contributed by atoms with Crippen LogP contribution in [0.5, 0.6) is 5.75 Å². The minimum Gasteiger partial charge on any atom is -0.496 e. The first-order valence-electron chi connectivity index (χ1n) is 9.62. The number of amides is 3. The van der Waals surface area contributed by atoms with Gasteiger partial charge in [-0.15, -0.1) is 0 Å². The lowest BCUT2D eigenvalue weighted by molar-refractivity contribution is 0.0917. The van der Waals surface area contributed by atoms with Crippen LogP contribution < -0.4 is 15.4 Å². The van der Waals surface area contributed by atoms with Crippen molar-refractivity contribution in [2.24, 2.45) is 0 Å². The van der Waals surface area contributed by atoms with Gasteiger partial charge in [0, 0.05) is 30.3 Å². The van der Waals surface area contributed by atoms with Crippen LogP contribution in [0.4, 0.5) is 4.79 Å². The second-order valence-corrected chi connectivity index (χ2v) is 7.01. The van der Waals surface area contributed by atoms with Crippen LogP contribution in [0.2, 0.25) is 0 Å². The number of nitrogens with zero attached hydrogens (tertiary/aromatic N) is 1. The van der Waals surface area contributed by atoms with Crippen LogP contribution in [0.3, 0.4) is 0 Å². The van der Waals surface area contributed by atoms with Gasteiger partial charge in [0.1, 0.15) is 5.75 Å². The first kappa shape index (κ1) is 19.7. The van der Waals surface area contributed by atoms with Gasteiger partial charge in [0.05, 0.1) is 13.2 Å². The largest absolute Gasteiger partial charge is 0.496 e. The molecule has 0 spiro atoms. The lowest BCUT2D eigenvalue weighted by Crippen LogP contribution is -2.49. The van der Waals surface area contributed by atoms with Gasteiger partial charge in [-0.3, -0.25) is 4.79 Å². The quantitative estimate of drug-likeness (QED) is 0.834. The highest BCUT2D eigenvalue weighted by molar-refractivity contribution is 5.94. The van der Waals surface area contributed by atoms with Gasteiger partial charge in [0.25, 0.3) is 5.91 Å². The molecule has 0 aromatic heterocycles. The Morgan fingerprint density at radius 3 is 2.36 bits per heavy atom. The zero-order chi connectivity index (χ0) is 19.9. The smallest absolute Gasteiger partial charge is 0.317 e. The minimum atomic E-state index is -0.154. The van der Waals surface area contributed by atoms with Crippen molar-refractivity contribution in [3.63, 3.8) is 0 Å². The Kier molecular flexibility index (Phi) is 6.53. The van der Waals surface area contributed by atoms with E-state index in [0.29, 0.717) is 18.7 Å². The molecule has 28 heavy (non-hydrogen) atoms. The molecule has 2 aromatic carbocycles. The van der Waals surface area contributed by atoms with Gasteiger partial charge in [0.15, 0.2) is 0 Å². The molecular formula is C22H27N3O3. The average molecular weight is 381 g/mol. The van der Waals surface area contributed by atoms with Crippen LogP contribution in [0.25, 0.3) is 0 Å². The molecule has 1 saturated heterocycles. The van der Waals surface area contributed by atoms with Crippen LogP contribution >= 0.6 is 0 Å². The summed E-state index contributed by atoms with van der Waals surface area (Å²) < 4.78 is 5.38. The van der Waals surface area contributed by atoms with E-state index in [4.69, 9.17) is 4.74 Å². The molecule has 1 heterocycles. The molecule has 6 nitrogen and oxygen atoms in total. The minimum absolute atomic E-state index is 0.0618. The summed E-state index contributed by atoms with van der Waals surface area (Å²) in [4.78, 5) is 26.7. The SMILES string of the molecule is COc1ccccc1[C@@H](C)NC(=O)N1CCC(NC(=O)c2ccccc2)CC1. The number of likely N-dealkylation sites (tertiary alicyclic amines) is 1. The van der Waals surface area contributed by atoms with E-state index in [0.717, 1.165) is 24.2 Å². The molecule has 2 N–H and O–H groups in total. The number of methoxy groups -OCH3 is 1. The number of ether oxygens (including phenoxy) is 1. The van der Waals surface area contributed by atoms with E-state index in [-0.39, 0.29) is 24.0 Å². The van der Waals surface area contributed by atoms with Gasteiger partial charge in [-0.2, -0.15) is 0 Å². The van der Waals surface area contributed by atoms with Crippen molar-refractivity contribution in [1.29, 1.82) is 0 Å². The van der Waals surface area contributed by atoms with Crippen LogP contribution in [0.1, 0.15) is 41.7 Å². The fourth-order valence-corrected chi connectivity index (χ4v) is 3.46. The number of urea groups is 1. The second-order valence-electron chi connectivity index (χ2n) is 7.01. The number of nitrogens with one attached hydrogen (secondary N) is 2. The zero-order valence-corrected chi connectivity index (χ0v) is 16.4. The van der Waals surface area contributed by atoms with Crippen LogP contribution in [-0.2, 0) is 0 Å². The van der Waals surface area contributed by atoms with Crippen molar-refractivity contribution in [1.82, 2.24) is 15.5 Å². The van der Waals surface area contributed by atoms with Crippen molar-refractivity contribution in [3.05, 3.63) is 65.7 Å². The van der Waals surface area contributed by atoms with E-state index in [9.17, 15) is 9.59 Å². The molecule has 3 rings (SSSR count). The Balaban J connectivity index is 1.49. The number of carbonyl (C=O) groups excluding carboxylic acids is 2. The summed E-state index contributed by atoms with van der Waals surface area (Å²) in [5, 5.41) is 6.10. The number of benzene rings is 2. The van der Waals surface area contributed by atoms with Gasteiger partial charge < -0.3 is 20.3 Å². The third-order valence-electron chi connectivity index (χ3n) is 5.10. The molecule has 1 aliphatic heterocycles. The Bertz CT molecular complexity index is 802.